The molecule has 0 atom stereocenters. The Labute approximate surface area is 100 Å². The second kappa shape index (κ2) is 4.11. The van der Waals surface area contributed by atoms with Crippen molar-refractivity contribution in [2.45, 2.75) is 0 Å². The average Bonchev–Trinajstić information content (AvgIpc) is 2.63. The second-order valence-corrected chi connectivity index (χ2v) is 3.70. The Morgan fingerprint density at radius 2 is 2.12 bits per heavy atom. The average molecular weight is 258 g/mol. The Kier molecular flexibility index (Phi) is 2.80. The highest BCUT2D eigenvalue weighted by atomic mass is 35.5. The van der Waals surface area contributed by atoms with E-state index >= 15 is 0 Å². The SMILES string of the molecule is O=C(O)c1c(Cl)cncc1-n1ccc(Cl)n1. The van der Waals surface area contributed by atoms with E-state index in [4.69, 9.17) is 28.3 Å². The van der Waals surface area contributed by atoms with Gasteiger partial charge in [-0.1, -0.05) is 23.2 Å². The van der Waals surface area contributed by atoms with Crippen LogP contribution in [0.25, 0.3) is 5.69 Å². The summed E-state index contributed by atoms with van der Waals surface area (Å²) in [5, 5.41) is 13.2. The van der Waals surface area contributed by atoms with Crippen molar-refractivity contribution < 1.29 is 9.90 Å². The predicted molar refractivity (Wildman–Crippen MR) is 58.3 cm³/mol. The van der Waals surface area contributed by atoms with Crippen molar-refractivity contribution in [3.05, 3.63) is 40.4 Å². The van der Waals surface area contributed by atoms with Crippen LogP contribution in [0.5, 0.6) is 0 Å². The zero-order valence-corrected chi connectivity index (χ0v) is 9.27. The van der Waals surface area contributed by atoms with Crippen molar-refractivity contribution in [3.8, 4) is 5.69 Å². The maximum Gasteiger partial charge on any atom is 0.339 e. The van der Waals surface area contributed by atoms with Crippen molar-refractivity contribution in [2.24, 2.45) is 0 Å². The van der Waals surface area contributed by atoms with Crippen LogP contribution in [0.15, 0.2) is 24.7 Å². The Morgan fingerprint density at radius 1 is 1.38 bits per heavy atom. The number of carbonyl (C=O) groups is 1. The molecule has 0 radical (unpaired) electrons. The molecule has 82 valence electrons. The Morgan fingerprint density at radius 3 is 2.69 bits per heavy atom. The van der Waals surface area contributed by atoms with Gasteiger partial charge in [0.05, 0.1) is 16.9 Å². The zero-order chi connectivity index (χ0) is 11.7. The Hall–Kier alpha value is -1.59. The summed E-state index contributed by atoms with van der Waals surface area (Å²) in [6.45, 7) is 0. The smallest absolute Gasteiger partial charge is 0.339 e. The molecule has 0 aliphatic rings. The number of pyridine rings is 1. The first-order valence-electron chi connectivity index (χ1n) is 4.18. The lowest BCUT2D eigenvalue weighted by atomic mass is 10.2. The number of hydrogen-bond donors (Lipinski definition) is 1. The van der Waals surface area contributed by atoms with Crippen LogP contribution >= 0.6 is 23.2 Å². The lowest BCUT2D eigenvalue weighted by Gasteiger charge is -2.06. The highest BCUT2D eigenvalue weighted by molar-refractivity contribution is 6.33. The van der Waals surface area contributed by atoms with Gasteiger partial charge in [-0.25, -0.2) is 9.48 Å². The molecule has 0 fully saturated rings. The van der Waals surface area contributed by atoms with Crippen LogP contribution in [-0.4, -0.2) is 25.8 Å². The van der Waals surface area contributed by atoms with Crippen LogP contribution in [0.4, 0.5) is 0 Å². The van der Waals surface area contributed by atoms with Crippen LogP contribution in [0.2, 0.25) is 10.2 Å². The molecule has 0 spiro atoms. The lowest BCUT2D eigenvalue weighted by Crippen LogP contribution is -2.07. The monoisotopic (exact) mass is 257 g/mol. The molecule has 7 heteroatoms. The summed E-state index contributed by atoms with van der Waals surface area (Å²) < 4.78 is 1.31. The van der Waals surface area contributed by atoms with Gasteiger partial charge in [-0.3, -0.25) is 4.98 Å². The molecule has 0 bridgehead atoms. The third kappa shape index (κ3) is 1.87. The van der Waals surface area contributed by atoms with Gasteiger partial charge in [0.1, 0.15) is 5.56 Å². The van der Waals surface area contributed by atoms with Gasteiger partial charge in [0.2, 0.25) is 0 Å². The summed E-state index contributed by atoms with van der Waals surface area (Å²) in [6, 6.07) is 1.54. The molecular formula is C9H5Cl2N3O2. The van der Waals surface area contributed by atoms with Crippen LogP contribution in [0, 0.1) is 0 Å². The van der Waals surface area contributed by atoms with Gasteiger partial charge in [0.25, 0.3) is 0 Å². The van der Waals surface area contributed by atoms with Crippen LogP contribution in [0.1, 0.15) is 10.4 Å². The van der Waals surface area contributed by atoms with Gasteiger partial charge in [-0.15, -0.1) is 0 Å². The van der Waals surface area contributed by atoms with E-state index < -0.39 is 5.97 Å². The molecule has 0 saturated heterocycles. The fourth-order valence-corrected chi connectivity index (χ4v) is 1.62. The van der Waals surface area contributed by atoms with Crippen LogP contribution < -0.4 is 0 Å². The minimum atomic E-state index is -1.14. The molecule has 0 saturated carbocycles. The summed E-state index contributed by atoms with van der Waals surface area (Å²) >= 11 is 11.4. The van der Waals surface area contributed by atoms with E-state index in [1.54, 1.807) is 0 Å². The first kappa shape index (κ1) is 10.9. The molecule has 0 unspecified atom stereocenters. The van der Waals surface area contributed by atoms with E-state index in [0.717, 1.165) is 0 Å². The minimum Gasteiger partial charge on any atom is -0.478 e. The first-order chi connectivity index (χ1) is 7.59. The van der Waals surface area contributed by atoms with Gasteiger partial charge < -0.3 is 5.11 Å². The number of aromatic carboxylic acids is 1. The van der Waals surface area contributed by atoms with Gasteiger partial charge in [0.15, 0.2) is 5.15 Å². The standard InChI is InChI=1S/C9H5Cl2N3O2/c10-5-3-12-4-6(8(5)9(15)16)14-2-1-7(11)13-14/h1-4H,(H,15,16). The number of carboxylic acids is 1. The van der Waals surface area contributed by atoms with Crippen molar-refractivity contribution in [3.63, 3.8) is 0 Å². The molecule has 2 rings (SSSR count). The molecule has 16 heavy (non-hydrogen) atoms. The number of aromatic nitrogens is 3. The molecule has 0 aromatic carbocycles. The fourth-order valence-electron chi connectivity index (χ4n) is 1.25. The normalized spacial score (nSPS) is 10.4. The fraction of sp³-hybridized carbons (Fsp3) is 0. The summed E-state index contributed by atoms with van der Waals surface area (Å²) in [5.41, 5.74) is 0.211. The van der Waals surface area contributed by atoms with E-state index in [1.165, 1.54) is 29.3 Å². The molecule has 2 aromatic rings. The van der Waals surface area contributed by atoms with E-state index in [2.05, 4.69) is 10.1 Å². The molecule has 5 nitrogen and oxygen atoms in total. The van der Waals surface area contributed by atoms with Crippen molar-refractivity contribution in [1.29, 1.82) is 0 Å². The van der Waals surface area contributed by atoms with Gasteiger partial charge >= 0.3 is 5.97 Å². The summed E-state index contributed by atoms with van der Waals surface area (Å²) in [4.78, 5) is 14.9. The topological polar surface area (TPSA) is 68.0 Å². The van der Waals surface area contributed by atoms with E-state index in [0.29, 0.717) is 0 Å². The highest BCUT2D eigenvalue weighted by Crippen LogP contribution is 2.22. The van der Waals surface area contributed by atoms with E-state index in [1.807, 2.05) is 0 Å². The Bertz CT molecular complexity index is 553. The third-order valence-electron chi connectivity index (χ3n) is 1.90. The van der Waals surface area contributed by atoms with Gasteiger partial charge in [-0.05, 0) is 6.07 Å². The molecule has 0 aliphatic heterocycles. The lowest BCUT2D eigenvalue weighted by molar-refractivity contribution is 0.0697. The predicted octanol–water partition coefficient (Wildman–Crippen LogP) is 2.27. The Balaban J connectivity index is 2.65. The first-order valence-corrected chi connectivity index (χ1v) is 4.93. The largest absolute Gasteiger partial charge is 0.478 e. The third-order valence-corrected chi connectivity index (χ3v) is 2.39. The van der Waals surface area contributed by atoms with E-state index in [9.17, 15) is 4.79 Å². The quantitative estimate of drug-likeness (QED) is 0.897. The number of halogens is 2. The van der Waals surface area contributed by atoms with Gasteiger partial charge in [-0.2, -0.15) is 5.10 Å². The highest BCUT2D eigenvalue weighted by Gasteiger charge is 2.16. The van der Waals surface area contributed by atoms with Crippen LogP contribution in [0.3, 0.4) is 0 Å². The molecule has 2 aromatic heterocycles. The maximum atomic E-state index is 11.0. The van der Waals surface area contributed by atoms with Crippen molar-refractivity contribution >= 4 is 29.2 Å². The summed E-state index contributed by atoms with van der Waals surface area (Å²) in [7, 11) is 0. The zero-order valence-electron chi connectivity index (χ0n) is 7.76. The van der Waals surface area contributed by atoms with Crippen molar-refractivity contribution in [1.82, 2.24) is 14.8 Å². The molecule has 0 aliphatic carbocycles. The number of nitrogens with zero attached hydrogens (tertiary/aromatic N) is 3. The number of hydrogen-bond acceptors (Lipinski definition) is 3. The summed E-state index contributed by atoms with van der Waals surface area (Å²) in [5.74, 6) is -1.14. The molecular weight excluding hydrogens is 253 g/mol. The number of carboxylic acid groups (broad SMARTS) is 1. The van der Waals surface area contributed by atoms with Crippen molar-refractivity contribution in [2.75, 3.05) is 0 Å². The second-order valence-electron chi connectivity index (χ2n) is 2.90. The number of rotatable bonds is 2. The van der Waals surface area contributed by atoms with Gasteiger partial charge in [0, 0.05) is 12.4 Å². The minimum absolute atomic E-state index is 0.0524. The van der Waals surface area contributed by atoms with E-state index in [-0.39, 0.29) is 21.4 Å². The maximum absolute atomic E-state index is 11.0. The van der Waals surface area contributed by atoms with Crippen LogP contribution in [-0.2, 0) is 0 Å². The summed E-state index contributed by atoms with van der Waals surface area (Å²) in [6.07, 6.45) is 4.15. The molecule has 0 amide bonds. The molecule has 2 heterocycles. The molecule has 1 N–H and O–H groups in total.